The molecule has 2 amide bonds. The fourth-order valence-electron chi connectivity index (χ4n) is 3.05. The standard InChI is InChI=1S/C18H21N5O2/c1-11-9-16(24)21-18(19-11)23-15(10-14(22-23)12-7-8-12)20-17(25)13-5-3-2-4-6-13/h2-6,10-12,18-19H,7-9H2,1H3,(H,20,25)(H,21,24). The Morgan fingerprint density at radius 1 is 1.28 bits per heavy atom. The van der Waals surface area contributed by atoms with Gasteiger partial charge in [-0.25, -0.2) is 4.68 Å². The molecule has 2 heterocycles. The number of amides is 2. The summed E-state index contributed by atoms with van der Waals surface area (Å²) in [4.78, 5) is 24.4. The molecular formula is C18H21N5O2. The molecule has 2 atom stereocenters. The topological polar surface area (TPSA) is 88.1 Å². The molecule has 4 rings (SSSR count). The number of carbonyl (C=O) groups excluding carboxylic acids is 2. The van der Waals surface area contributed by atoms with Crippen LogP contribution in [0.1, 0.15) is 54.4 Å². The van der Waals surface area contributed by atoms with Gasteiger partial charge in [-0.2, -0.15) is 5.10 Å². The molecular weight excluding hydrogens is 318 g/mol. The van der Waals surface area contributed by atoms with Crippen LogP contribution in [-0.2, 0) is 4.79 Å². The lowest BCUT2D eigenvalue weighted by atomic mass is 10.2. The van der Waals surface area contributed by atoms with Crippen LogP contribution in [0.5, 0.6) is 0 Å². The van der Waals surface area contributed by atoms with Crippen LogP contribution in [0.25, 0.3) is 0 Å². The maximum atomic E-state index is 12.5. The number of nitrogens with zero attached hydrogens (tertiary/aromatic N) is 2. The largest absolute Gasteiger partial charge is 0.322 e. The lowest BCUT2D eigenvalue weighted by Crippen LogP contribution is -2.52. The van der Waals surface area contributed by atoms with Crippen LogP contribution in [0.2, 0.25) is 0 Å². The maximum absolute atomic E-state index is 12.5. The van der Waals surface area contributed by atoms with E-state index in [9.17, 15) is 9.59 Å². The van der Waals surface area contributed by atoms with Gasteiger partial charge >= 0.3 is 0 Å². The molecule has 2 aliphatic rings. The zero-order valence-corrected chi connectivity index (χ0v) is 14.0. The Morgan fingerprint density at radius 3 is 2.72 bits per heavy atom. The number of nitrogens with one attached hydrogen (secondary N) is 3. The summed E-state index contributed by atoms with van der Waals surface area (Å²) in [6.07, 6.45) is 2.20. The molecule has 1 aliphatic heterocycles. The zero-order valence-electron chi connectivity index (χ0n) is 14.0. The minimum absolute atomic E-state index is 0.0277. The molecule has 1 aliphatic carbocycles. The summed E-state index contributed by atoms with van der Waals surface area (Å²) in [5.74, 6) is 0.812. The van der Waals surface area contributed by atoms with E-state index >= 15 is 0 Å². The third-order valence-corrected chi connectivity index (χ3v) is 4.50. The monoisotopic (exact) mass is 339 g/mol. The molecule has 3 N–H and O–H groups in total. The number of hydrogen-bond donors (Lipinski definition) is 3. The highest BCUT2D eigenvalue weighted by molar-refractivity contribution is 6.03. The van der Waals surface area contributed by atoms with Gasteiger partial charge in [0.15, 0.2) is 6.29 Å². The van der Waals surface area contributed by atoms with Crippen molar-refractivity contribution in [2.24, 2.45) is 0 Å². The first kappa shape index (κ1) is 15.8. The van der Waals surface area contributed by atoms with E-state index in [0.29, 0.717) is 23.7 Å². The molecule has 1 saturated heterocycles. The van der Waals surface area contributed by atoms with Crippen molar-refractivity contribution in [3.63, 3.8) is 0 Å². The molecule has 0 bridgehead atoms. The highest BCUT2D eigenvalue weighted by Crippen LogP contribution is 2.40. The first-order chi connectivity index (χ1) is 12.1. The first-order valence-electron chi connectivity index (χ1n) is 8.61. The van der Waals surface area contributed by atoms with Crippen LogP contribution < -0.4 is 16.0 Å². The Labute approximate surface area is 145 Å². The second-order valence-corrected chi connectivity index (χ2v) is 6.74. The Balaban J connectivity index is 1.62. The number of aromatic nitrogens is 2. The zero-order chi connectivity index (χ0) is 17.4. The molecule has 1 saturated carbocycles. The van der Waals surface area contributed by atoms with E-state index in [-0.39, 0.29) is 17.9 Å². The van der Waals surface area contributed by atoms with Crippen molar-refractivity contribution >= 4 is 17.6 Å². The van der Waals surface area contributed by atoms with E-state index < -0.39 is 6.29 Å². The summed E-state index contributed by atoms with van der Waals surface area (Å²) in [5, 5.41) is 13.8. The van der Waals surface area contributed by atoms with Crippen LogP contribution in [0.3, 0.4) is 0 Å². The summed E-state index contributed by atoms with van der Waals surface area (Å²) in [6, 6.07) is 11.0. The second kappa shape index (κ2) is 6.33. The fourth-order valence-corrected chi connectivity index (χ4v) is 3.05. The second-order valence-electron chi connectivity index (χ2n) is 6.74. The van der Waals surface area contributed by atoms with Gasteiger partial charge in [0, 0.05) is 30.0 Å². The Kier molecular flexibility index (Phi) is 4.01. The molecule has 1 aromatic heterocycles. The predicted molar refractivity (Wildman–Crippen MR) is 93.0 cm³/mol. The molecule has 7 heteroatoms. The van der Waals surface area contributed by atoms with E-state index in [2.05, 4.69) is 21.0 Å². The maximum Gasteiger partial charge on any atom is 0.256 e. The van der Waals surface area contributed by atoms with Gasteiger partial charge in [-0.1, -0.05) is 18.2 Å². The van der Waals surface area contributed by atoms with Gasteiger partial charge < -0.3 is 10.6 Å². The van der Waals surface area contributed by atoms with Crippen molar-refractivity contribution in [2.45, 2.75) is 44.4 Å². The Morgan fingerprint density at radius 2 is 2.04 bits per heavy atom. The molecule has 130 valence electrons. The quantitative estimate of drug-likeness (QED) is 0.795. The van der Waals surface area contributed by atoms with Crippen molar-refractivity contribution in [1.29, 1.82) is 0 Å². The number of hydrogen-bond acceptors (Lipinski definition) is 4. The molecule has 7 nitrogen and oxygen atoms in total. The molecule has 0 spiro atoms. The summed E-state index contributed by atoms with van der Waals surface area (Å²) < 4.78 is 1.67. The van der Waals surface area contributed by atoms with E-state index in [1.165, 1.54) is 0 Å². The van der Waals surface area contributed by atoms with E-state index in [0.717, 1.165) is 18.5 Å². The minimum atomic E-state index is -0.463. The van der Waals surface area contributed by atoms with Crippen LogP contribution >= 0.6 is 0 Å². The van der Waals surface area contributed by atoms with Gasteiger partial charge in [0.25, 0.3) is 5.91 Å². The molecule has 2 unspecified atom stereocenters. The molecule has 25 heavy (non-hydrogen) atoms. The van der Waals surface area contributed by atoms with Crippen LogP contribution in [0.4, 0.5) is 5.82 Å². The average molecular weight is 339 g/mol. The van der Waals surface area contributed by atoms with Gasteiger partial charge in [0.2, 0.25) is 5.91 Å². The summed E-state index contributed by atoms with van der Waals surface area (Å²) in [5.41, 5.74) is 1.54. The SMILES string of the molecule is CC1CC(=O)NC(n2nc(C3CC3)cc2NC(=O)c2ccccc2)N1. The smallest absolute Gasteiger partial charge is 0.256 e. The third kappa shape index (κ3) is 3.41. The normalized spacial score (nSPS) is 23.2. The van der Waals surface area contributed by atoms with Gasteiger partial charge in [-0.3, -0.25) is 14.9 Å². The molecule has 0 radical (unpaired) electrons. The van der Waals surface area contributed by atoms with Crippen LogP contribution in [0, 0.1) is 0 Å². The van der Waals surface area contributed by atoms with Crippen LogP contribution in [0.15, 0.2) is 36.4 Å². The van der Waals surface area contributed by atoms with E-state index in [1.807, 2.05) is 31.2 Å². The molecule has 2 fully saturated rings. The number of carbonyl (C=O) groups is 2. The Bertz CT molecular complexity index is 797. The average Bonchev–Trinajstić information content (AvgIpc) is 3.36. The van der Waals surface area contributed by atoms with Crippen LogP contribution in [-0.4, -0.2) is 27.6 Å². The van der Waals surface area contributed by atoms with E-state index in [1.54, 1.807) is 16.8 Å². The minimum Gasteiger partial charge on any atom is -0.322 e. The molecule has 2 aromatic rings. The highest BCUT2D eigenvalue weighted by Gasteiger charge is 2.31. The van der Waals surface area contributed by atoms with Crippen molar-refractivity contribution in [3.05, 3.63) is 47.7 Å². The van der Waals surface area contributed by atoms with Crippen molar-refractivity contribution in [2.75, 3.05) is 5.32 Å². The predicted octanol–water partition coefficient (Wildman–Crippen LogP) is 1.97. The van der Waals surface area contributed by atoms with Gasteiger partial charge in [-0.05, 0) is 31.9 Å². The molecule has 1 aromatic carbocycles. The summed E-state index contributed by atoms with van der Waals surface area (Å²) >= 11 is 0. The van der Waals surface area contributed by atoms with Gasteiger partial charge in [0.1, 0.15) is 5.82 Å². The van der Waals surface area contributed by atoms with Crippen molar-refractivity contribution < 1.29 is 9.59 Å². The van der Waals surface area contributed by atoms with Gasteiger partial charge in [0.05, 0.1) is 5.69 Å². The van der Waals surface area contributed by atoms with Crippen molar-refractivity contribution in [3.8, 4) is 0 Å². The van der Waals surface area contributed by atoms with Gasteiger partial charge in [-0.15, -0.1) is 0 Å². The first-order valence-corrected chi connectivity index (χ1v) is 8.61. The van der Waals surface area contributed by atoms with E-state index in [4.69, 9.17) is 0 Å². The van der Waals surface area contributed by atoms with Crippen molar-refractivity contribution in [1.82, 2.24) is 20.4 Å². The number of benzene rings is 1. The summed E-state index contributed by atoms with van der Waals surface area (Å²) in [7, 11) is 0. The summed E-state index contributed by atoms with van der Waals surface area (Å²) in [6.45, 7) is 1.96. The number of anilines is 1. The lowest BCUT2D eigenvalue weighted by molar-refractivity contribution is -0.125. The lowest BCUT2D eigenvalue weighted by Gasteiger charge is -2.30. The fraction of sp³-hybridized carbons (Fsp3) is 0.389. The number of rotatable bonds is 4. The third-order valence-electron chi connectivity index (χ3n) is 4.50. The Hall–Kier alpha value is -2.67. The highest BCUT2D eigenvalue weighted by atomic mass is 16.2.